The third-order valence-electron chi connectivity index (χ3n) is 1.97. The first-order valence-electron chi connectivity index (χ1n) is 5.48. The van der Waals surface area contributed by atoms with Crippen molar-refractivity contribution in [1.82, 2.24) is 10.3 Å². The Hall–Kier alpha value is -0.940. The highest BCUT2D eigenvalue weighted by Crippen LogP contribution is 2.00. The molecule has 5 heteroatoms. The van der Waals surface area contributed by atoms with E-state index in [9.17, 15) is 4.79 Å². The van der Waals surface area contributed by atoms with Gasteiger partial charge in [-0.2, -0.15) is 0 Å². The number of rotatable bonds is 7. The molecule has 0 aromatic carbocycles. The predicted molar refractivity (Wildman–Crippen MR) is 64.8 cm³/mol. The van der Waals surface area contributed by atoms with E-state index in [0.29, 0.717) is 12.2 Å². The van der Waals surface area contributed by atoms with Crippen molar-refractivity contribution in [1.29, 1.82) is 0 Å². The summed E-state index contributed by atoms with van der Waals surface area (Å²) in [4.78, 5) is 15.4. The molecule has 0 radical (unpaired) electrons. The lowest BCUT2D eigenvalue weighted by Crippen LogP contribution is -2.24. The van der Waals surface area contributed by atoms with Crippen LogP contribution in [-0.2, 0) is 4.74 Å². The summed E-state index contributed by atoms with van der Waals surface area (Å²) >= 11 is 1.43. The number of amides is 1. The summed E-state index contributed by atoms with van der Waals surface area (Å²) in [6.45, 7) is 5.47. The number of carbonyl (C=O) groups is 1. The van der Waals surface area contributed by atoms with E-state index in [1.165, 1.54) is 11.3 Å². The monoisotopic (exact) mass is 242 g/mol. The summed E-state index contributed by atoms with van der Waals surface area (Å²) in [5.41, 5.74) is 2.16. The van der Waals surface area contributed by atoms with Crippen molar-refractivity contribution in [2.75, 3.05) is 13.2 Å². The number of nitrogens with zero attached hydrogens (tertiary/aromatic N) is 1. The van der Waals surface area contributed by atoms with Crippen LogP contribution in [0.5, 0.6) is 0 Å². The number of hydrogen-bond acceptors (Lipinski definition) is 4. The third-order valence-corrected chi connectivity index (χ3v) is 2.56. The number of carbonyl (C=O) groups excluding carboxylic acids is 1. The molecule has 1 amide bonds. The van der Waals surface area contributed by atoms with Crippen LogP contribution < -0.4 is 5.32 Å². The van der Waals surface area contributed by atoms with Crippen LogP contribution in [-0.4, -0.2) is 30.1 Å². The molecule has 1 N–H and O–H groups in total. The summed E-state index contributed by atoms with van der Waals surface area (Å²) in [7, 11) is 0. The molecule has 0 aliphatic heterocycles. The van der Waals surface area contributed by atoms with Crippen LogP contribution >= 0.6 is 11.3 Å². The average molecular weight is 242 g/mol. The maximum Gasteiger partial charge on any atom is 0.270 e. The fourth-order valence-electron chi connectivity index (χ4n) is 1.16. The Morgan fingerprint density at radius 1 is 1.56 bits per heavy atom. The normalized spacial score (nSPS) is 10.7. The minimum atomic E-state index is -0.0916. The molecule has 1 aromatic rings. The van der Waals surface area contributed by atoms with Crippen LogP contribution in [0.4, 0.5) is 0 Å². The zero-order chi connectivity index (χ0) is 11.8. The Bertz CT molecular complexity index is 299. The van der Waals surface area contributed by atoms with Gasteiger partial charge in [0, 0.05) is 18.5 Å². The van der Waals surface area contributed by atoms with Crippen molar-refractivity contribution in [2.45, 2.75) is 32.8 Å². The number of unbranched alkanes of at least 4 members (excludes halogenated alkanes) is 1. The maximum absolute atomic E-state index is 11.4. The van der Waals surface area contributed by atoms with E-state index >= 15 is 0 Å². The van der Waals surface area contributed by atoms with Gasteiger partial charge in [-0.3, -0.25) is 4.79 Å². The number of thiazole rings is 1. The molecular weight excluding hydrogens is 224 g/mol. The second kappa shape index (κ2) is 7.35. The Balaban J connectivity index is 2.01. The Kier molecular flexibility index (Phi) is 6.03. The minimum Gasteiger partial charge on any atom is -0.379 e. The SMILES string of the molecule is CC(C)OCCCCNC(=O)c1cscn1. The van der Waals surface area contributed by atoms with Crippen molar-refractivity contribution in [2.24, 2.45) is 0 Å². The van der Waals surface area contributed by atoms with Crippen LogP contribution in [0.2, 0.25) is 0 Å². The van der Waals surface area contributed by atoms with Gasteiger partial charge in [-0.05, 0) is 26.7 Å². The summed E-state index contributed by atoms with van der Waals surface area (Å²) < 4.78 is 5.40. The van der Waals surface area contributed by atoms with Crippen LogP contribution in [0.3, 0.4) is 0 Å². The van der Waals surface area contributed by atoms with Crippen LogP contribution in [0.25, 0.3) is 0 Å². The molecular formula is C11H18N2O2S. The zero-order valence-electron chi connectivity index (χ0n) is 9.73. The highest BCUT2D eigenvalue weighted by atomic mass is 32.1. The first-order valence-corrected chi connectivity index (χ1v) is 6.42. The van der Waals surface area contributed by atoms with Crippen molar-refractivity contribution in [3.8, 4) is 0 Å². The summed E-state index contributed by atoms with van der Waals surface area (Å²) in [5.74, 6) is -0.0916. The van der Waals surface area contributed by atoms with Crippen LogP contribution in [0.15, 0.2) is 10.9 Å². The molecule has 0 unspecified atom stereocenters. The lowest BCUT2D eigenvalue weighted by molar-refractivity contribution is 0.0754. The molecule has 0 saturated carbocycles. The molecule has 0 bridgehead atoms. The smallest absolute Gasteiger partial charge is 0.270 e. The summed E-state index contributed by atoms with van der Waals surface area (Å²) in [6, 6.07) is 0. The lowest BCUT2D eigenvalue weighted by atomic mass is 10.3. The van der Waals surface area contributed by atoms with E-state index in [0.717, 1.165) is 19.4 Å². The van der Waals surface area contributed by atoms with Gasteiger partial charge < -0.3 is 10.1 Å². The molecule has 0 aliphatic rings. The molecule has 1 heterocycles. The average Bonchev–Trinajstić information content (AvgIpc) is 2.75. The standard InChI is InChI=1S/C11H18N2O2S/c1-9(2)15-6-4-3-5-12-11(14)10-7-16-8-13-10/h7-9H,3-6H2,1-2H3,(H,12,14). The lowest BCUT2D eigenvalue weighted by Gasteiger charge is -2.07. The van der Waals surface area contributed by atoms with Crippen molar-refractivity contribution in [3.63, 3.8) is 0 Å². The number of ether oxygens (including phenoxy) is 1. The van der Waals surface area contributed by atoms with Gasteiger partial charge in [0.2, 0.25) is 0 Å². The molecule has 1 aromatic heterocycles. The van der Waals surface area contributed by atoms with Crippen LogP contribution in [0.1, 0.15) is 37.2 Å². The minimum absolute atomic E-state index is 0.0916. The Labute approximate surface area is 100 Å². The van der Waals surface area contributed by atoms with Gasteiger partial charge in [0.25, 0.3) is 5.91 Å². The molecule has 0 aliphatic carbocycles. The maximum atomic E-state index is 11.4. The molecule has 4 nitrogen and oxygen atoms in total. The van der Waals surface area contributed by atoms with Crippen molar-refractivity contribution < 1.29 is 9.53 Å². The number of nitrogens with one attached hydrogen (secondary N) is 1. The molecule has 0 spiro atoms. The van der Waals surface area contributed by atoms with Crippen molar-refractivity contribution in [3.05, 3.63) is 16.6 Å². The second-order valence-electron chi connectivity index (χ2n) is 3.76. The van der Waals surface area contributed by atoms with Gasteiger partial charge >= 0.3 is 0 Å². The van der Waals surface area contributed by atoms with E-state index in [1.807, 2.05) is 13.8 Å². The van der Waals surface area contributed by atoms with Crippen molar-refractivity contribution >= 4 is 17.2 Å². The highest BCUT2D eigenvalue weighted by molar-refractivity contribution is 7.07. The van der Waals surface area contributed by atoms with E-state index < -0.39 is 0 Å². The summed E-state index contributed by atoms with van der Waals surface area (Å²) in [5, 5.41) is 4.57. The second-order valence-corrected chi connectivity index (χ2v) is 4.47. The largest absolute Gasteiger partial charge is 0.379 e. The quantitative estimate of drug-likeness (QED) is 0.745. The molecule has 90 valence electrons. The fourth-order valence-corrected chi connectivity index (χ4v) is 1.70. The van der Waals surface area contributed by atoms with E-state index in [4.69, 9.17) is 4.74 Å². The Morgan fingerprint density at radius 3 is 3.00 bits per heavy atom. The molecule has 16 heavy (non-hydrogen) atoms. The van der Waals surface area contributed by atoms with Gasteiger partial charge in [-0.25, -0.2) is 4.98 Å². The van der Waals surface area contributed by atoms with Gasteiger partial charge in [0.1, 0.15) is 5.69 Å². The van der Waals surface area contributed by atoms with Gasteiger partial charge in [-0.15, -0.1) is 11.3 Å². The van der Waals surface area contributed by atoms with Gasteiger partial charge in [-0.1, -0.05) is 0 Å². The highest BCUT2D eigenvalue weighted by Gasteiger charge is 2.05. The zero-order valence-corrected chi connectivity index (χ0v) is 10.5. The topological polar surface area (TPSA) is 51.2 Å². The van der Waals surface area contributed by atoms with E-state index in [2.05, 4.69) is 10.3 Å². The number of hydrogen-bond donors (Lipinski definition) is 1. The molecule has 1 rings (SSSR count). The first-order chi connectivity index (χ1) is 7.70. The third kappa shape index (κ3) is 5.23. The molecule has 0 saturated heterocycles. The molecule has 0 fully saturated rings. The van der Waals surface area contributed by atoms with Crippen LogP contribution in [0, 0.1) is 0 Å². The Morgan fingerprint density at radius 2 is 2.38 bits per heavy atom. The number of aromatic nitrogens is 1. The van der Waals surface area contributed by atoms with Gasteiger partial charge in [0.05, 0.1) is 11.6 Å². The van der Waals surface area contributed by atoms with Gasteiger partial charge in [0.15, 0.2) is 0 Å². The summed E-state index contributed by atoms with van der Waals surface area (Å²) in [6.07, 6.45) is 2.18. The fraction of sp³-hybridized carbons (Fsp3) is 0.636. The van der Waals surface area contributed by atoms with E-state index in [1.54, 1.807) is 10.9 Å². The predicted octanol–water partition coefficient (Wildman–Crippen LogP) is 2.08. The van der Waals surface area contributed by atoms with E-state index in [-0.39, 0.29) is 12.0 Å². The molecule has 0 atom stereocenters. The first kappa shape index (κ1) is 13.1.